The number of ketones is 1. The molecule has 12 heteroatoms. The van der Waals surface area contributed by atoms with Crippen molar-refractivity contribution in [3.63, 3.8) is 0 Å². The molecule has 1 N–H and O–H groups in total. The number of nitrogens with zero attached hydrogens (tertiary/aromatic N) is 3. The predicted molar refractivity (Wildman–Crippen MR) is 179 cm³/mol. The quantitative estimate of drug-likeness (QED) is 0.0563. The lowest BCUT2D eigenvalue weighted by atomic mass is 9.94. The molecule has 2 aliphatic heterocycles. The number of benzene rings is 3. The van der Waals surface area contributed by atoms with Crippen LogP contribution in [0, 0.1) is 0 Å². The van der Waals surface area contributed by atoms with Crippen molar-refractivity contribution in [1.82, 2.24) is 10.2 Å². The number of anilines is 1. The summed E-state index contributed by atoms with van der Waals surface area (Å²) >= 11 is 8.69. The van der Waals surface area contributed by atoms with Gasteiger partial charge in [-0.2, -0.15) is 0 Å². The van der Waals surface area contributed by atoms with Gasteiger partial charge in [-0.15, -0.1) is 10.2 Å². The molecule has 0 bridgehead atoms. The number of fused-ring (bicyclic) bond motifs is 1. The van der Waals surface area contributed by atoms with Gasteiger partial charge in [0.05, 0.1) is 24.8 Å². The van der Waals surface area contributed by atoms with Crippen molar-refractivity contribution in [3.8, 4) is 17.2 Å². The first-order valence-electron chi connectivity index (χ1n) is 15.0. The Bertz CT molecular complexity index is 1810. The van der Waals surface area contributed by atoms with Gasteiger partial charge in [-0.25, -0.2) is 0 Å². The van der Waals surface area contributed by atoms with Gasteiger partial charge in [-0.1, -0.05) is 59.8 Å². The van der Waals surface area contributed by atoms with Gasteiger partial charge in [0.1, 0.15) is 17.6 Å². The number of aromatic nitrogens is 2. The van der Waals surface area contributed by atoms with Crippen molar-refractivity contribution in [2.24, 2.45) is 0 Å². The molecule has 1 amide bonds. The van der Waals surface area contributed by atoms with Crippen LogP contribution in [0.4, 0.5) is 5.13 Å². The van der Waals surface area contributed by atoms with Crippen LogP contribution in [-0.4, -0.2) is 46.3 Å². The zero-order chi connectivity index (χ0) is 32.4. The van der Waals surface area contributed by atoms with Gasteiger partial charge in [0.15, 0.2) is 15.8 Å². The van der Waals surface area contributed by atoms with Crippen molar-refractivity contribution < 1.29 is 28.9 Å². The first-order valence-corrected chi connectivity index (χ1v) is 17.2. The molecule has 238 valence electrons. The minimum atomic E-state index is -0.995. The standard InChI is InChI=1S/C34H32ClN3O6S2/c1-4-14-43-26-13-8-21(17-27(26)42-5-2)29-28(30(39)22-9-12-25-23(16-22)15-19(3)44-25)31(40)32(41)38(29)33-36-37-34(46-33)45-18-20-6-10-24(35)11-7-20/h6-13,16-17,19,29,39H,4-5,14-15,18H2,1-3H3/b30-28+/t19-,29+/m1/s1. The highest BCUT2D eigenvalue weighted by Gasteiger charge is 2.48. The normalized spacial score (nSPS) is 18.5. The van der Waals surface area contributed by atoms with Crippen LogP contribution >= 0.6 is 34.7 Å². The zero-order valence-electron chi connectivity index (χ0n) is 25.5. The van der Waals surface area contributed by atoms with Gasteiger partial charge in [0.25, 0.3) is 5.78 Å². The van der Waals surface area contributed by atoms with Crippen molar-refractivity contribution in [3.05, 3.63) is 93.5 Å². The third-order valence-electron chi connectivity index (χ3n) is 7.54. The van der Waals surface area contributed by atoms with Gasteiger partial charge in [-0.05, 0) is 79.4 Å². The Morgan fingerprint density at radius 3 is 2.63 bits per heavy atom. The lowest BCUT2D eigenvalue weighted by Gasteiger charge is -2.23. The third-order valence-corrected chi connectivity index (χ3v) is 9.92. The third kappa shape index (κ3) is 6.44. The molecule has 0 radical (unpaired) electrons. The van der Waals surface area contributed by atoms with Gasteiger partial charge in [-0.3, -0.25) is 14.5 Å². The van der Waals surface area contributed by atoms with Gasteiger partial charge < -0.3 is 19.3 Å². The predicted octanol–water partition coefficient (Wildman–Crippen LogP) is 7.62. The number of aliphatic hydroxyl groups is 1. The van der Waals surface area contributed by atoms with E-state index in [1.54, 1.807) is 30.3 Å². The smallest absolute Gasteiger partial charge is 0.301 e. The fourth-order valence-electron chi connectivity index (χ4n) is 5.45. The van der Waals surface area contributed by atoms with E-state index in [0.717, 1.165) is 23.3 Å². The Kier molecular flexibility index (Phi) is 9.53. The largest absolute Gasteiger partial charge is 0.507 e. The van der Waals surface area contributed by atoms with E-state index in [1.807, 2.05) is 51.1 Å². The number of Topliss-reactive ketones (excluding diaryl/α,β-unsaturated/α-hetero) is 1. The van der Waals surface area contributed by atoms with E-state index in [2.05, 4.69) is 10.2 Å². The molecular weight excluding hydrogens is 646 g/mol. The van der Waals surface area contributed by atoms with Crippen LogP contribution in [0.5, 0.6) is 17.2 Å². The summed E-state index contributed by atoms with van der Waals surface area (Å²) in [5, 5.41) is 21.3. The molecule has 0 unspecified atom stereocenters. The molecular formula is C34H32ClN3O6S2. The second kappa shape index (κ2) is 13.7. The van der Waals surface area contributed by atoms with Crippen molar-refractivity contribution in [2.75, 3.05) is 18.1 Å². The van der Waals surface area contributed by atoms with E-state index in [0.29, 0.717) is 57.4 Å². The lowest BCUT2D eigenvalue weighted by Crippen LogP contribution is -2.29. The average molecular weight is 678 g/mol. The lowest BCUT2D eigenvalue weighted by molar-refractivity contribution is -0.132. The molecule has 0 aliphatic carbocycles. The minimum absolute atomic E-state index is 0.00700. The van der Waals surface area contributed by atoms with Crippen molar-refractivity contribution in [2.45, 2.75) is 55.9 Å². The van der Waals surface area contributed by atoms with Crippen LogP contribution in [-0.2, 0) is 21.8 Å². The number of carbonyl (C=O) groups is 2. The number of aliphatic hydroxyl groups excluding tert-OH is 1. The maximum atomic E-state index is 13.8. The average Bonchev–Trinajstić information content (AvgIpc) is 3.74. The first kappa shape index (κ1) is 31.9. The molecule has 2 aliphatic rings. The van der Waals surface area contributed by atoms with Crippen LogP contribution < -0.4 is 19.1 Å². The first-order chi connectivity index (χ1) is 22.3. The summed E-state index contributed by atoms with van der Waals surface area (Å²) in [5.41, 5.74) is 2.90. The van der Waals surface area contributed by atoms with Gasteiger partial charge in [0, 0.05) is 22.8 Å². The summed E-state index contributed by atoms with van der Waals surface area (Å²) in [6.45, 7) is 6.73. The summed E-state index contributed by atoms with van der Waals surface area (Å²) in [6, 6.07) is 17.1. The maximum absolute atomic E-state index is 13.8. The Balaban J connectivity index is 1.42. The molecule has 1 saturated heterocycles. The van der Waals surface area contributed by atoms with Crippen LogP contribution in [0.1, 0.15) is 55.5 Å². The molecule has 0 spiro atoms. The number of hydrogen-bond donors (Lipinski definition) is 1. The number of ether oxygens (including phenoxy) is 3. The highest BCUT2D eigenvalue weighted by atomic mass is 35.5. The zero-order valence-corrected chi connectivity index (χ0v) is 27.9. The molecule has 46 heavy (non-hydrogen) atoms. The molecule has 0 saturated carbocycles. The molecule has 1 aromatic heterocycles. The van der Waals surface area contributed by atoms with E-state index in [-0.39, 0.29) is 22.6 Å². The van der Waals surface area contributed by atoms with Crippen molar-refractivity contribution >= 4 is 57.3 Å². The topological polar surface area (TPSA) is 111 Å². The van der Waals surface area contributed by atoms with E-state index in [9.17, 15) is 14.7 Å². The summed E-state index contributed by atoms with van der Waals surface area (Å²) in [5.74, 6) is 0.475. The van der Waals surface area contributed by atoms with E-state index in [1.165, 1.54) is 28.0 Å². The fourth-order valence-corrected chi connectivity index (χ4v) is 7.40. The van der Waals surface area contributed by atoms with E-state index in [4.69, 9.17) is 25.8 Å². The molecule has 6 rings (SSSR count). The number of hydrogen-bond acceptors (Lipinski definition) is 10. The SMILES string of the molecule is CCCOc1ccc([C@H]2/C(=C(\O)c3ccc4c(c3)C[C@@H](C)O4)C(=O)C(=O)N2c2nnc(SCc3ccc(Cl)cc3)s2)cc1OCC. The summed E-state index contributed by atoms with van der Waals surface area (Å²) < 4.78 is 18.3. The number of rotatable bonds is 11. The number of halogens is 1. The fraction of sp³-hybridized carbons (Fsp3) is 0.294. The molecule has 3 aromatic carbocycles. The molecule has 4 aromatic rings. The Morgan fingerprint density at radius 2 is 1.87 bits per heavy atom. The minimum Gasteiger partial charge on any atom is -0.507 e. The number of amides is 1. The van der Waals surface area contributed by atoms with Crippen LogP contribution in [0.3, 0.4) is 0 Å². The molecule has 2 atom stereocenters. The van der Waals surface area contributed by atoms with Gasteiger partial charge in [0.2, 0.25) is 5.13 Å². The highest BCUT2D eigenvalue weighted by molar-refractivity contribution is 8.00. The number of thioether (sulfide) groups is 1. The summed E-state index contributed by atoms with van der Waals surface area (Å²) in [6.07, 6.45) is 1.49. The second-order valence-electron chi connectivity index (χ2n) is 10.9. The van der Waals surface area contributed by atoms with Gasteiger partial charge >= 0.3 is 5.91 Å². The molecule has 3 heterocycles. The van der Waals surface area contributed by atoms with Crippen molar-refractivity contribution in [1.29, 1.82) is 0 Å². The molecule has 1 fully saturated rings. The molecule has 9 nitrogen and oxygen atoms in total. The van der Waals surface area contributed by atoms with Crippen LogP contribution in [0.15, 0.2) is 70.6 Å². The summed E-state index contributed by atoms with van der Waals surface area (Å²) in [4.78, 5) is 28.9. The van der Waals surface area contributed by atoms with E-state index < -0.39 is 17.7 Å². The monoisotopic (exact) mass is 677 g/mol. The highest BCUT2D eigenvalue weighted by Crippen LogP contribution is 2.46. The summed E-state index contributed by atoms with van der Waals surface area (Å²) in [7, 11) is 0. The van der Waals surface area contributed by atoms with Crippen LogP contribution in [0.25, 0.3) is 5.76 Å². The maximum Gasteiger partial charge on any atom is 0.301 e. The van der Waals surface area contributed by atoms with Crippen LogP contribution in [0.2, 0.25) is 5.02 Å². The Morgan fingerprint density at radius 1 is 1.07 bits per heavy atom. The Labute approximate surface area is 280 Å². The number of carbonyl (C=O) groups excluding carboxylic acids is 2. The van der Waals surface area contributed by atoms with E-state index >= 15 is 0 Å². The Hall–Kier alpha value is -4.06. The second-order valence-corrected chi connectivity index (χ2v) is 13.5.